The highest BCUT2D eigenvalue weighted by Gasteiger charge is 2.20. The predicted octanol–water partition coefficient (Wildman–Crippen LogP) is 4.02. The van der Waals surface area contributed by atoms with E-state index in [-0.39, 0.29) is 12.7 Å². The molecule has 1 amide bonds. The Morgan fingerprint density at radius 3 is 2.58 bits per heavy atom. The number of carbonyl (C=O) groups is 1. The smallest absolute Gasteiger partial charge is 0.255 e. The van der Waals surface area contributed by atoms with Crippen molar-refractivity contribution >= 4 is 17.3 Å². The lowest BCUT2D eigenvalue weighted by Gasteiger charge is -2.34. The Hall–Kier alpha value is -3.45. The van der Waals surface area contributed by atoms with Gasteiger partial charge in [-0.2, -0.15) is 0 Å². The van der Waals surface area contributed by atoms with Crippen LogP contribution in [0.3, 0.4) is 0 Å². The molecular formula is C24H25N3O4. The highest BCUT2D eigenvalue weighted by atomic mass is 16.7. The molecule has 2 N–H and O–H groups in total. The minimum atomic E-state index is -0.172. The van der Waals surface area contributed by atoms with Gasteiger partial charge in [0.25, 0.3) is 5.91 Å². The highest BCUT2D eigenvalue weighted by molar-refractivity contribution is 6.04. The molecule has 31 heavy (non-hydrogen) atoms. The molecular weight excluding hydrogens is 394 g/mol. The largest absolute Gasteiger partial charge is 0.468 e. The lowest BCUT2D eigenvalue weighted by molar-refractivity contribution is 0.102. The maximum absolute atomic E-state index is 12.6. The fourth-order valence-corrected chi connectivity index (χ4v) is 4.00. The Bertz CT molecular complexity index is 1030. The zero-order valence-electron chi connectivity index (χ0n) is 17.2. The van der Waals surface area contributed by atoms with Gasteiger partial charge in [0.1, 0.15) is 5.76 Å². The van der Waals surface area contributed by atoms with Crippen molar-refractivity contribution in [2.45, 2.75) is 25.4 Å². The average Bonchev–Trinajstić information content (AvgIpc) is 3.50. The van der Waals surface area contributed by atoms with Gasteiger partial charge in [-0.3, -0.25) is 4.79 Å². The molecule has 0 radical (unpaired) electrons. The Morgan fingerprint density at radius 2 is 1.81 bits per heavy atom. The molecule has 7 heteroatoms. The summed E-state index contributed by atoms with van der Waals surface area (Å²) in [7, 11) is 0. The van der Waals surface area contributed by atoms with Crippen LogP contribution in [-0.2, 0) is 6.54 Å². The molecule has 0 spiro atoms. The molecule has 0 bridgehead atoms. The number of furan rings is 1. The number of benzene rings is 2. The molecule has 0 saturated carbocycles. The second-order valence-electron chi connectivity index (χ2n) is 7.79. The van der Waals surface area contributed by atoms with E-state index >= 15 is 0 Å². The minimum Gasteiger partial charge on any atom is -0.468 e. The monoisotopic (exact) mass is 419 g/mol. The van der Waals surface area contributed by atoms with E-state index < -0.39 is 0 Å². The van der Waals surface area contributed by atoms with Gasteiger partial charge in [-0.05, 0) is 67.4 Å². The summed E-state index contributed by atoms with van der Waals surface area (Å²) in [4.78, 5) is 14.9. The first-order chi connectivity index (χ1) is 15.2. The molecule has 1 saturated heterocycles. The molecule has 2 aliphatic heterocycles. The molecule has 5 rings (SSSR count). The first kappa shape index (κ1) is 19.5. The molecule has 160 valence electrons. The Labute approximate surface area is 180 Å². The van der Waals surface area contributed by atoms with Gasteiger partial charge in [0.05, 0.1) is 12.8 Å². The average molecular weight is 419 g/mol. The fourth-order valence-electron chi connectivity index (χ4n) is 4.00. The molecule has 2 aliphatic rings. The van der Waals surface area contributed by atoms with Crippen LogP contribution in [0.1, 0.15) is 29.0 Å². The third kappa shape index (κ3) is 4.51. The van der Waals surface area contributed by atoms with E-state index in [4.69, 9.17) is 13.9 Å². The number of nitrogens with zero attached hydrogens (tertiary/aromatic N) is 1. The molecule has 3 heterocycles. The maximum atomic E-state index is 12.6. The van der Waals surface area contributed by atoms with Crippen molar-refractivity contribution in [3.8, 4) is 11.5 Å². The van der Waals surface area contributed by atoms with Crippen LogP contribution in [-0.4, -0.2) is 31.8 Å². The number of nitrogens with one attached hydrogen (secondary N) is 2. The summed E-state index contributed by atoms with van der Waals surface area (Å²) in [5.41, 5.74) is 2.48. The van der Waals surface area contributed by atoms with Crippen LogP contribution < -0.4 is 25.0 Å². The van der Waals surface area contributed by atoms with Gasteiger partial charge in [0.15, 0.2) is 11.5 Å². The lowest BCUT2D eigenvalue weighted by Crippen LogP contribution is -2.42. The molecule has 0 unspecified atom stereocenters. The van der Waals surface area contributed by atoms with E-state index in [0.29, 0.717) is 23.1 Å². The van der Waals surface area contributed by atoms with Crippen molar-refractivity contribution in [1.82, 2.24) is 5.32 Å². The fraction of sp³-hybridized carbons (Fsp3) is 0.292. The van der Waals surface area contributed by atoms with Crippen molar-refractivity contribution in [1.29, 1.82) is 0 Å². The first-order valence-corrected chi connectivity index (χ1v) is 10.6. The number of piperidine rings is 1. The summed E-state index contributed by atoms with van der Waals surface area (Å²) in [5, 5.41) is 6.52. The van der Waals surface area contributed by atoms with Gasteiger partial charge in [0, 0.05) is 36.1 Å². The van der Waals surface area contributed by atoms with Gasteiger partial charge in [-0.15, -0.1) is 0 Å². The van der Waals surface area contributed by atoms with Crippen LogP contribution >= 0.6 is 0 Å². The van der Waals surface area contributed by atoms with E-state index in [2.05, 4.69) is 27.7 Å². The zero-order chi connectivity index (χ0) is 21.0. The lowest BCUT2D eigenvalue weighted by atomic mass is 10.0. The quantitative estimate of drug-likeness (QED) is 0.629. The Balaban J connectivity index is 1.13. The molecule has 0 aliphatic carbocycles. The summed E-state index contributed by atoms with van der Waals surface area (Å²) >= 11 is 0. The summed E-state index contributed by atoms with van der Waals surface area (Å²) in [6.07, 6.45) is 3.88. The van der Waals surface area contributed by atoms with Crippen molar-refractivity contribution in [3.63, 3.8) is 0 Å². The molecule has 7 nitrogen and oxygen atoms in total. The molecule has 1 aromatic heterocycles. The highest BCUT2D eigenvalue weighted by Crippen LogP contribution is 2.32. The minimum absolute atomic E-state index is 0.172. The van der Waals surface area contributed by atoms with Gasteiger partial charge in [-0.25, -0.2) is 0 Å². The third-order valence-corrected chi connectivity index (χ3v) is 5.77. The van der Waals surface area contributed by atoms with Crippen LogP contribution in [0, 0.1) is 0 Å². The maximum Gasteiger partial charge on any atom is 0.255 e. The number of amides is 1. The zero-order valence-corrected chi connectivity index (χ0v) is 17.2. The van der Waals surface area contributed by atoms with Crippen LogP contribution in [0.15, 0.2) is 65.3 Å². The van der Waals surface area contributed by atoms with Crippen LogP contribution in [0.25, 0.3) is 0 Å². The number of carbonyl (C=O) groups excluding carboxylic acids is 1. The standard InChI is InChI=1S/C24H25N3O4/c28-24(17-3-8-22-23(14-17)31-16-30-22)26-19-4-6-20(7-5-19)27-11-9-18(10-12-27)25-15-21-2-1-13-29-21/h1-8,13-14,18,25H,9-12,15-16H2,(H,26,28). The number of hydrogen-bond donors (Lipinski definition) is 2. The number of rotatable bonds is 6. The Kier molecular flexibility index (Phi) is 5.50. The topological polar surface area (TPSA) is 76.0 Å². The molecule has 0 atom stereocenters. The molecule has 3 aromatic rings. The number of hydrogen-bond acceptors (Lipinski definition) is 6. The summed E-state index contributed by atoms with van der Waals surface area (Å²) in [6, 6.07) is 17.6. The van der Waals surface area contributed by atoms with Crippen LogP contribution in [0.2, 0.25) is 0 Å². The third-order valence-electron chi connectivity index (χ3n) is 5.77. The SMILES string of the molecule is O=C(Nc1ccc(N2CCC(NCc3ccco3)CC2)cc1)c1ccc2c(c1)OCO2. The summed E-state index contributed by atoms with van der Waals surface area (Å²) < 4.78 is 16.0. The van der Waals surface area contributed by atoms with Gasteiger partial charge >= 0.3 is 0 Å². The van der Waals surface area contributed by atoms with E-state index in [1.54, 1.807) is 24.5 Å². The van der Waals surface area contributed by atoms with E-state index in [1.807, 2.05) is 24.3 Å². The summed E-state index contributed by atoms with van der Waals surface area (Å²) in [5.74, 6) is 2.07. The molecule has 2 aromatic carbocycles. The van der Waals surface area contributed by atoms with Crippen LogP contribution in [0.4, 0.5) is 11.4 Å². The normalized spacial score (nSPS) is 15.8. The van der Waals surface area contributed by atoms with Gasteiger partial charge in [-0.1, -0.05) is 0 Å². The second kappa shape index (κ2) is 8.73. The Morgan fingerprint density at radius 1 is 1.00 bits per heavy atom. The van der Waals surface area contributed by atoms with E-state index in [1.165, 1.54) is 5.69 Å². The van der Waals surface area contributed by atoms with Crippen molar-refractivity contribution in [3.05, 3.63) is 72.2 Å². The van der Waals surface area contributed by atoms with Crippen molar-refractivity contribution < 1.29 is 18.7 Å². The van der Waals surface area contributed by atoms with Gasteiger partial charge < -0.3 is 29.4 Å². The number of ether oxygens (including phenoxy) is 2. The first-order valence-electron chi connectivity index (χ1n) is 10.6. The van der Waals surface area contributed by atoms with E-state index in [0.717, 1.165) is 43.9 Å². The number of anilines is 2. The second-order valence-corrected chi connectivity index (χ2v) is 7.79. The van der Waals surface area contributed by atoms with Crippen molar-refractivity contribution in [2.75, 3.05) is 30.1 Å². The number of fused-ring (bicyclic) bond motifs is 1. The van der Waals surface area contributed by atoms with Crippen molar-refractivity contribution in [2.24, 2.45) is 0 Å². The van der Waals surface area contributed by atoms with E-state index in [9.17, 15) is 4.79 Å². The molecule has 1 fully saturated rings. The predicted molar refractivity (Wildman–Crippen MR) is 118 cm³/mol. The summed E-state index contributed by atoms with van der Waals surface area (Å²) in [6.45, 7) is 2.96. The van der Waals surface area contributed by atoms with Gasteiger partial charge in [0.2, 0.25) is 6.79 Å². The van der Waals surface area contributed by atoms with Crippen LogP contribution in [0.5, 0.6) is 11.5 Å².